The van der Waals surface area contributed by atoms with Gasteiger partial charge in [0.25, 0.3) is 11.8 Å². The lowest BCUT2D eigenvalue weighted by molar-refractivity contribution is -0.389. The van der Waals surface area contributed by atoms with E-state index in [0.717, 1.165) is 0 Å². The van der Waals surface area contributed by atoms with Gasteiger partial charge < -0.3 is 20.7 Å². The molecule has 26 heavy (non-hydrogen) atoms. The van der Waals surface area contributed by atoms with Crippen LogP contribution in [0.15, 0.2) is 6.20 Å². The lowest BCUT2D eigenvalue weighted by Gasteiger charge is -2.07. The molecule has 2 aromatic heterocycles. The molecule has 0 saturated carbocycles. The summed E-state index contributed by atoms with van der Waals surface area (Å²) >= 11 is 5.80. The molecule has 2 aromatic rings. The van der Waals surface area contributed by atoms with Crippen molar-refractivity contribution in [3.63, 3.8) is 0 Å². The molecule has 0 aliphatic carbocycles. The van der Waals surface area contributed by atoms with Crippen molar-refractivity contribution in [3.8, 4) is 0 Å². The van der Waals surface area contributed by atoms with Crippen LogP contribution in [0, 0.1) is 16.0 Å². The molecular formula is C14H18ClN7O4. The predicted molar refractivity (Wildman–Crippen MR) is 93.3 cm³/mol. The van der Waals surface area contributed by atoms with Crippen LogP contribution in [0.3, 0.4) is 0 Å². The maximum atomic E-state index is 12.3. The fourth-order valence-corrected chi connectivity index (χ4v) is 2.23. The fraction of sp³-hybridized carbons (Fsp3) is 0.429. The first-order chi connectivity index (χ1) is 12.2. The molecule has 2 amide bonds. The molecule has 0 aromatic carbocycles. The van der Waals surface area contributed by atoms with Gasteiger partial charge in [-0.05, 0) is 17.8 Å². The smallest absolute Gasteiger partial charge is 0.358 e. The Balaban J connectivity index is 2.25. The van der Waals surface area contributed by atoms with E-state index in [0.29, 0.717) is 13.1 Å². The van der Waals surface area contributed by atoms with Crippen LogP contribution in [0.4, 0.5) is 11.5 Å². The molecule has 11 nitrogen and oxygen atoms in total. The van der Waals surface area contributed by atoms with Gasteiger partial charge in [0.15, 0.2) is 16.4 Å². The predicted octanol–water partition coefficient (Wildman–Crippen LogP) is 1.83. The van der Waals surface area contributed by atoms with Crippen molar-refractivity contribution in [3.05, 3.63) is 32.7 Å². The average molecular weight is 384 g/mol. The summed E-state index contributed by atoms with van der Waals surface area (Å²) in [6.45, 7) is 6.64. The highest BCUT2D eigenvalue weighted by molar-refractivity contribution is 6.36. The third kappa shape index (κ3) is 4.17. The lowest BCUT2D eigenvalue weighted by atomic mass is 10.2. The minimum absolute atomic E-state index is 0.0296. The summed E-state index contributed by atoms with van der Waals surface area (Å²) in [5, 5.41) is 25.3. The zero-order valence-corrected chi connectivity index (χ0v) is 15.1. The van der Waals surface area contributed by atoms with Gasteiger partial charge in [-0.3, -0.25) is 14.3 Å². The van der Waals surface area contributed by atoms with Crippen LogP contribution in [-0.4, -0.2) is 43.3 Å². The molecule has 0 fully saturated rings. The highest BCUT2D eigenvalue weighted by Crippen LogP contribution is 2.26. The van der Waals surface area contributed by atoms with Gasteiger partial charge >= 0.3 is 5.82 Å². The summed E-state index contributed by atoms with van der Waals surface area (Å²) in [5.41, 5.74) is -0.169. The number of H-pyrrole nitrogens is 1. The molecule has 0 aliphatic heterocycles. The van der Waals surface area contributed by atoms with Crippen LogP contribution in [0.25, 0.3) is 0 Å². The van der Waals surface area contributed by atoms with Crippen LogP contribution in [-0.2, 0) is 6.54 Å². The molecule has 0 atom stereocenters. The molecular weight excluding hydrogens is 366 g/mol. The standard InChI is InChI=1S/C14H18ClN7O4/c1-4-21-6-8(10(20-21)13(23)16-5-7(2)3)17-14(24)11-9(15)12(19-18-11)22(25)26/h6-7H,4-5H2,1-3H3,(H,16,23)(H,17,24)(H,18,19). The molecule has 0 bridgehead atoms. The third-order valence-electron chi connectivity index (χ3n) is 3.31. The van der Waals surface area contributed by atoms with Gasteiger partial charge in [-0.1, -0.05) is 30.5 Å². The molecule has 140 valence electrons. The number of carbonyl (C=O) groups excluding carboxylic acids is 2. The molecule has 0 radical (unpaired) electrons. The van der Waals surface area contributed by atoms with Crippen molar-refractivity contribution in [1.29, 1.82) is 0 Å². The van der Waals surface area contributed by atoms with E-state index in [1.54, 1.807) is 0 Å². The van der Waals surface area contributed by atoms with E-state index in [-0.39, 0.29) is 23.0 Å². The number of rotatable bonds is 7. The SMILES string of the molecule is CCn1cc(NC(=O)c2n[nH]c([N+](=O)[O-])c2Cl)c(C(=O)NCC(C)C)n1. The molecule has 2 heterocycles. The van der Waals surface area contributed by atoms with Crippen molar-refractivity contribution in [2.45, 2.75) is 27.3 Å². The third-order valence-corrected chi connectivity index (χ3v) is 3.66. The molecule has 0 unspecified atom stereocenters. The van der Waals surface area contributed by atoms with Crippen LogP contribution in [0.1, 0.15) is 41.7 Å². The Kier molecular flexibility index (Phi) is 5.93. The number of carbonyl (C=O) groups is 2. The van der Waals surface area contributed by atoms with Crippen LogP contribution < -0.4 is 10.6 Å². The van der Waals surface area contributed by atoms with Gasteiger partial charge in [0.05, 0.1) is 5.69 Å². The maximum Gasteiger partial charge on any atom is 0.362 e. The molecule has 12 heteroatoms. The summed E-state index contributed by atoms with van der Waals surface area (Å²) < 4.78 is 1.48. The van der Waals surface area contributed by atoms with Gasteiger partial charge in [-0.2, -0.15) is 5.10 Å². The number of hydrogen-bond donors (Lipinski definition) is 3. The number of hydrogen-bond acceptors (Lipinski definition) is 6. The first-order valence-electron chi connectivity index (χ1n) is 7.79. The van der Waals surface area contributed by atoms with Gasteiger partial charge in [-0.15, -0.1) is 5.10 Å². The van der Waals surface area contributed by atoms with E-state index in [2.05, 4.69) is 25.9 Å². The van der Waals surface area contributed by atoms with E-state index >= 15 is 0 Å². The highest BCUT2D eigenvalue weighted by atomic mass is 35.5. The van der Waals surface area contributed by atoms with Crippen LogP contribution >= 0.6 is 11.6 Å². The highest BCUT2D eigenvalue weighted by Gasteiger charge is 2.27. The largest absolute Gasteiger partial charge is 0.362 e. The van der Waals surface area contributed by atoms with E-state index in [9.17, 15) is 19.7 Å². The number of halogens is 1. The van der Waals surface area contributed by atoms with Gasteiger partial charge in [0.2, 0.25) is 0 Å². The Morgan fingerprint density at radius 2 is 2.08 bits per heavy atom. The maximum absolute atomic E-state index is 12.3. The summed E-state index contributed by atoms with van der Waals surface area (Å²) in [6.07, 6.45) is 1.48. The molecule has 3 N–H and O–H groups in total. The van der Waals surface area contributed by atoms with E-state index in [1.807, 2.05) is 20.8 Å². The summed E-state index contributed by atoms with van der Waals surface area (Å²) in [4.78, 5) is 34.6. The summed E-state index contributed by atoms with van der Waals surface area (Å²) in [5.74, 6) is -1.59. The van der Waals surface area contributed by atoms with E-state index in [4.69, 9.17) is 11.6 Å². The molecule has 2 rings (SSSR count). The molecule has 0 saturated heterocycles. The Hall–Kier alpha value is -2.95. The minimum atomic E-state index is -0.798. The number of aryl methyl sites for hydroxylation is 1. The van der Waals surface area contributed by atoms with Crippen LogP contribution in [0.5, 0.6) is 0 Å². The summed E-state index contributed by atoms with van der Waals surface area (Å²) in [7, 11) is 0. The lowest BCUT2D eigenvalue weighted by Crippen LogP contribution is -2.28. The second kappa shape index (κ2) is 7.95. The first kappa shape index (κ1) is 19.4. The van der Waals surface area contributed by atoms with Gasteiger partial charge in [0.1, 0.15) is 0 Å². The van der Waals surface area contributed by atoms with Crippen molar-refractivity contribution in [2.24, 2.45) is 5.92 Å². The number of anilines is 1. The van der Waals surface area contributed by atoms with Gasteiger partial charge in [0, 0.05) is 19.3 Å². The van der Waals surface area contributed by atoms with Crippen LogP contribution in [0.2, 0.25) is 5.02 Å². The Morgan fingerprint density at radius 3 is 2.62 bits per heavy atom. The van der Waals surface area contributed by atoms with Crippen molar-refractivity contribution in [2.75, 3.05) is 11.9 Å². The number of nitrogens with one attached hydrogen (secondary N) is 3. The number of aromatic amines is 1. The Labute approximate surface area is 153 Å². The zero-order chi connectivity index (χ0) is 19.4. The van der Waals surface area contributed by atoms with Gasteiger partial charge in [-0.25, -0.2) is 0 Å². The fourth-order valence-electron chi connectivity index (χ4n) is 2.00. The second-order valence-corrected chi connectivity index (χ2v) is 6.17. The minimum Gasteiger partial charge on any atom is -0.358 e. The Morgan fingerprint density at radius 1 is 1.38 bits per heavy atom. The topological polar surface area (TPSA) is 148 Å². The van der Waals surface area contributed by atoms with Crippen molar-refractivity contribution >= 4 is 34.9 Å². The van der Waals surface area contributed by atoms with Crippen molar-refractivity contribution in [1.82, 2.24) is 25.3 Å². The monoisotopic (exact) mass is 383 g/mol. The summed E-state index contributed by atoms with van der Waals surface area (Å²) in [6, 6.07) is 0. The first-order valence-corrected chi connectivity index (χ1v) is 8.17. The zero-order valence-electron chi connectivity index (χ0n) is 14.4. The molecule has 0 spiro atoms. The number of nitrogens with zero attached hydrogens (tertiary/aromatic N) is 4. The number of aromatic nitrogens is 4. The number of nitro groups is 1. The quantitative estimate of drug-likeness (QED) is 0.490. The normalized spacial score (nSPS) is 10.8. The number of amides is 2. The van der Waals surface area contributed by atoms with E-state index in [1.165, 1.54) is 10.9 Å². The second-order valence-electron chi connectivity index (χ2n) is 5.80. The molecule has 0 aliphatic rings. The van der Waals surface area contributed by atoms with Crippen molar-refractivity contribution < 1.29 is 14.5 Å². The Bertz CT molecular complexity index is 842. The van der Waals surface area contributed by atoms with E-state index < -0.39 is 27.6 Å². The average Bonchev–Trinajstić information content (AvgIpc) is 3.16.